The summed E-state index contributed by atoms with van der Waals surface area (Å²) in [7, 11) is 1.72. The Morgan fingerprint density at radius 3 is 2.95 bits per heavy atom. The van der Waals surface area contributed by atoms with Crippen LogP contribution in [0.15, 0.2) is 30.7 Å². The van der Waals surface area contributed by atoms with Crippen LogP contribution in [-0.4, -0.2) is 28.5 Å². The maximum Gasteiger partial charge on any atom is 0.0679 e. The Morgan fingerprint density at radius 1 is 1.50 bits per heavy atom. The van der Waals surface area contributed by atoms with Crippen LogP contribution in [0.5, 0.6) is 0 Å². The second-order valence-electron chi connectivity index (χ2n) is 5.69. The van der Waals surface area contributed by atoms with Gasteiger partial charge < -0.3 is 10.5 Å². The van der Waals surface area contributed by atoms with Gasteiger partial charge in [0.2, 0.25) is 0 Å². The summed E-state index contributed by atoms with van der Waals surface area (Å²) < 4.78 is 7.17. The van der Waals surface area contributed by atoms with Crippen LogP contribution in [0, 0.1) is 12.8 Å². The predicted octanol–water partition coefficient (Wildman–Crippen LogP) is 2.86. The number of allylic oxidation sites excluding steroid dienone is 1. The number of nitrogens with zero attached hydrogens (tertiary/aromatic N) is 3. The Hall–Kier alpha value is -2.14. The van der Waals surface area contributed by atoms with Crippen molar-refractivity contribution in [1.29, 1.82) is 0 Å². The van der Waals surface area contributed by atoms with E-state index in [9.17, 15) is 0 Å². The van der Waals surface area contributed by atoms with Gasteiger partial charge >= 0.3 is 0 Å². The van der Waals surface area contributed by atoms with Crippen LogP contribution < -0.4 is 5.73 Å². The third kappa shape index (κ3) is 3.74. The summed E-state index contributed by atoms with van der Waals surface area (Å²) >= 11 is 0. The van der Waals surface area contributed by atoms with Crippen LogP contribution in [-0.2, 0) is 11.3 Å². The van der Waals surface area contributed by atoms with E-state index in [1.807, 2.05) is 36.9 Å². The van der Waals surface area contributed by atoms with Crippen LogP contribution >= 0.6 is 0 Å². The van der Waals surface area contributed by atoms with Gasteiger partial charge in [0.25, 0.3) is 0 Å². The van der Waals surface area contributed by atoms with E-state index in [4.69, 9.17) is 10.5 Å². The van der Waals surface area contributed by atoms with Crippen molar-refractivity contribution in [3.05, 3.63) is 42.1 Å². The fourth-order valence-electron chi connectivity index (χ4n) is 2.45. The molecule has 22 heavy (non-hydrogen) atoms. The number of methoxy groups -OCH3 is 1. The molecule has 2 aromatic rings. The highest BCUT2D eigenvalue weighted by Crippen LogP contribution is 2.24. The molecule has 0 saturated heterocycles. The van der Waals surface area contributed by atoms with Gasteiger partial charge in [-0.3, -0.25) is 9.67 Å². The fraction of sp³-hybridized carbons (Fsp3) is 0.412. The second kappa shape index (κ2) is 7.22. The van der Waals surface area contributed by atoms with Gasteiger partial charge in [-0.25, -0.2) is 0 Å². The second-order valence-corrected chi connectivity index (χ2v) is 5.69. The van der Waals surface area contributed by atoms with Gasteiger partial charge in [0.1, 0.15) is 0 Å². The number of pyridine rings is 1. The average Bonchev–Trinajstić information content (AvgIpc) is 2.87. The van der Waals surface area contributed by atoms with E-state index in [1.165, 1.54) is 0 Å². The lowest BCUT2D eigenvalue weighted by Crippen LogP contribution is -2.12. The summed E-state index contributed by atoms with van der Waals surface area (Å²) in [4.78, 5) is 4.35. The van der Waals surface area contributed by atoms with E-state index < -0.39 is 0 Å². The van der Waals surface area contributed by atoms with Crippen molar-refractivity contribution < 1.29 is 4.74 Å². The summed E-state index contributed by atoms with van der Waals surface area (Å²) in [6.07, 6.45) is 5.47. The zero-order valence-corrected chi connectivity index (χ0v) is 13.7. The highest BCUT2D eigenvalue weighted by molar-refractivity contribution is 5.70. The first kappa shape index (κ1) is 16.2. The Morgan fingerprint density at radius 2 is 2.27 bits per heavy atom. The van der Waals surface area contributed by atoms with Gasteiger partial charge in [-0.2, -0.15) is 5.10 Å². The van der Waals surface area contributed by atoms with E-state index in [-0.39, 0.29) is 0 Å². The highest BCUT2D eigenvalue weighted by atomic mass is 16.5. The fourth-order valence-corrected chi connectivity index (χ4v) is 2.45. The van der Waals surface area contributed by atoms with Gasteiger partial charge in [0.15, 0.2) is 0 Å². The van der Waals surface area contributed by atoms with Crippen molar-refractivity contribution in [3.63, 3.8) is 0 Å². The van der Waals surface area contributed by atoms with Crippen molar-refractivity contribution in [2.75, 3.05) is 13.7 Å². The lowest BCUT2D eigenvalue weighted by atomic mass is 10.1. The van der Waals surface area contributed by atoms with E-state index in [0.717, 1.165) is 41.2 Å². The van der Waals surface area contributed by atoms with E-state index >= 15 is 0 Å². The molecular formula is C17H24N4O. The molecule has 2 N–H and O–H groups in total. The third-order valence-electron chi connectivity index (χ3n) is 3.62. The molecule has 2 aromatic heterocycles. The molecule has 0 amide bonds. The lowest BCUT2D eigenvalue weighted by Gasteiger charge is -2.09. The zero-order valence-electron chi connectivity index (χ0n) is 13.7. The largest absolute Gasteiger partial charge is 0.404 e. The number of ether oxygens (including phenoxy) is 1. The molecule has 118 valence electrons. The van der Waals surface area contributed by atoms with E-state index in [2.05, 4.69) is 23.2 Å². The first-order chi connectivity index (χ1) is 10.5. The number of hydrogen-bond donors (Lipinski definition) is 1. The van der Waals surface area contributed by atoms with Crippen LogP contribution in [0.2, 0.25) is 0 Å². The SMILES string of the molecule is COCC(C)Cn1cc(-c2ccnc(/C(C)=C\N)c2)c(C)n1. The molecule has 0 aliphatic rings. The number of aryl methyl sites for hydroxylation is 1. The Balaban J connectivity index is 2.28. The summed E-state index contributed by atoms with van der Waals surface area (Å²) in [5.41, 5.74) is 10.7. The molecule has 0 radical (unpaired) electrons. The minimum atomic E-state index is 0.424. The topological polar surface area (TPSA) is 66.0 Å². The van der Waals surface area contributed by atoms with Gasteiger partial charge in [0.05, 0.1) is 18.0 Å². The number of nitrogens with two attached hydrogens (primary N) is 1. The summed E-state index contributed by atoms with van der Waals surface area (Å²) in [6.45, 7) is 7.70. The predicted molar refractivity (Wildman–Crippen MR) is 89.1 cm³/mol. The molecule has 0 spiro atoms. The van der Waals surface area contributed by atoms with Crippen LogP contribution in [0.1, 0.15) is 25.2 Å². The maximum atomic E-state index is 5.58. The molecule has 0 fully saturated rings. The Labute approximate surface area is 131 Å². The average molecular weight is 300 g/mol. The van der Waals surface area contributed by atoms with Crippen LogP contribution in [0.4, 0.5) is 0 Å². The molecule has 1 unspecified atom stereocenters. The molecular weight excluding hydrogens is 276 g/mol. The van der Waals surface area contributed by atoms with Gasteiger partial charge in [-0.15, -0.1) is 0 Å². The van der Waals surface area contributed by atoms with E-state index in [0.29, 0.717) is 5.92 Å². The quantitative estimate of drug-likeness (QED) is 0.891. The van der Waals surface area contributed by atoms with Crippen molar-refractivity contribution >= 4 is 5.57 Å². The third-order valence-corrected chi connectivity index (χ3v) is 3.62. The molecule has 5 heteroatoms. The Kier molecular flexibility index (Phi) is 5.33. The lowest BCUT2D eigenvalue weighted by molar-refractivity contribution is 0.149. The molecule has 0 saturated carbocycles. The molecule has 0 bridgehead atoms. The standard InChI is InChI=1S/C17H24N4O/c1-12(11-22-4)9-21-10-16(14(3)20-21)15-5-6-19-17(7-15)13(2)8-18/h5-8,10,12H,9,11,18H2,1-4H3/b13-8-. The van der Waals surface area contributed by atoms with E-state index in [1.54, 1.807) is 13.3 Å². The monoisotopic (exact) mass is 300 g/mol. The smallest absolute Gasteiger partial charge is 0.0679 e. The summed E-state index contributed by atoms with van der Waals surface area (Å²) in [6, 6.07) is 4.05. The highest BCUT2D eigenvalue weighted by Gasteiger charge is 2.11. The molecule has 2 heterocycles. The number of rotatable bonds is 6. The number of aromatic nitrogens is 3. The van der Waals surface area contributed by atoms with Gasteiger partial charge in [-0.1, -0.05) is 6.92 Å². The minimum Gasteiger partial charge on any atom is -0.404 e. The van der Waals surface area contributed by atoms with Crippen molar-refractivity contribution in [2.45, 2.75) is 27.3 Å². The van der Waals surface area contributed by atoms with Crippen LogP contribution in [0.25, 0.3) is 16.7 Å². The van der Waals surface area contributed by atoms with Gasteiger partial charge in [0, 0.05) is 31.6 Å². The van der Waals surface area contributed by atoms with Gasteiger partial charge in [-0.05, 0) is 49.2 Å². The van der Waals surface area contributed by atoms with Crippen molar-refractivity contribution in [1.82, 2.24) is 14.8 Å². The minimum absolute atomic E-state index is 0.424. The molecule has 1 atom stereocenters. The Bertz CT molecular complexity index is 660. The number of hydrogen-bond acceptors (Lipinski definition) is 4. The van der Waals surface area contributed by atoms with Crippen molar-refractivity contribution in [2.24, 2.45) is 11.7 Å². The summed E-state index contributed by atoms with van der Waals surface area (Å²) in [5, 5.41) is 4.61. The molecule has 5 nitrogen and oxygen atoms in total. The molecule has 2 rings (SSSR count). The normalized spacial score (nSPS) is 13.4. The molecule has 0 aliphatic heterocycles. The first-order valence-corrected chi connectivity index (χ1v) is 7.43. The van der Waals surface area contributed by atoms with Crippen LogP contribution in [0.3, 0.4) is 0 Å². The molecule has 0 aliphatic carbocycles. The molecule has 0 aromatic carbocycles. The first-order valence-electron chi connectivity index (χ1n) is 7.43. The maximum absolute atomic E-state index is 5.58. The zero-order chi connectivity index (χ0) is 16.1. The summed E-state index contributed by atoms with van der Waals surface area (Å²) in [5.74, 6) is 0.424. The van der Waals surface area contributed by atoms with Crippen molar-refractivity contribution in [3.8, 4) is 11.1 Å².